The van der Waals surface area contributed by atoms with E-state index in [0.717, 1.165) is 16.5 Å². The van der Waals surface area contributed by atoms with Gasteiger partial charge in [0.15, 0.2) is 0 Å². The number of para-hydroxylation sites is 1. The zero-order valence-electron chi connectivity index (χ0n) is 11.7. The van der Waals surface area contributed by atoms with Crippen LogP contribution in [-0.4, -0.2) is 12.1 Å². The van der Waals surface area contributed by atoms with Crippen molar-refractivity contribution < 1.29 is 9.47 Å². The fourth-order valence-electron chi connectivity index (χ4n) is 2.24. The zero-order valence-corrected chi connectivity index (χ0v) is 11.7. The second-order valence-electron chi connectivity index (χ2n) is 4.68. The first-order valence-electron chi connectivity index (χ1n) is 6.67. The van der Waals surface area contributed by atoms with Crippen LogP contribution in [0.2, 0.25) is 0 Å². The van der Waals surface area contributed by atoms with Crippen molar-refractivity contribution in [3.05, 3.63) is 60.3 Å². The molecule has 4 nitrogen and oxygen atoms in total. The van der Waals surface area contributed by atoms with E-state index in [4.69, 9.17) is 15.2 Å². The van der Waals surface area contributed by atoms with Gasteiger partial charge in [0.1, 0.15) is 18.1 Å². The number of benzene rings is 2. The van der Waals surface area contributed by atoms with Crippen molar-refractivity contribution >= 4 is 16.6 Å². The van der Waals surface area contributed by atoms with Gasteiger partial charge < -0.3 is 15.2 Å². The van der Waals surface area contributed by atoms with Gasteiger partial charge in [-0.05, 0) is 24.3 Å². The molecule has 0 atom stereocenters. The van der Waals surface area contributed by atoms with E-state index < -0.39 is 0 Å². The molecular formula is C17H16N2O2. The minimum absolute atomic E-state index is 0.467. The molecule has 0 unspecified atom stereocenters. The lowest BCUT2D eigenvalue weighted by molar-refractivity contribution is 0.307. The van der Waals surface area contributed by atoms with Crippen LogP contribution in [0.15, 0.2) is 54.7 Å². The fourth-order valence-corrected chi connectivity index (χ4v) is 2.24. The second kappa shape index (κ2) is 5.71. The number of fused-ring (bicyclic) bond motifs is 1. The molecule has 1 heterocycles. The van der Waals surface area contributed by atoms with Gasteiger partial charge in [-0.2, -0.15) is 0 Å². The smallest absolute Gasteiger partial charge is 0.142 e. The van der Waals surface area contributed by atoms with Crippen molar-refractivity contribution in [1.29, 1.82) is 0 Å². The third-order valence-electron chi connectivity index (χ3n) is 3.33. The summed E-state index contributed by atoms with van der Waals surface area (Å²) in [6.07, 6.45) is 1.80. The Morgan fingerprint density at radius 3 is 2.76 bits per heavy atom. The van der Waals surface area contributed by atoms with Crippen LogP contribution in [0.5, 0.6) is 11.5 Å². The Kier molecular flexibility index (Phi) is 3.60. The molecule has 3 aromatic rings. The van der Waals surface area contributed by atoms with Gasteiger partial charge in [-0.1, -0.05) is 18.2 Å². The highest BCUT2D eigenvalue weighted by atomic mass is 16.5. The van der Waals surface area contributed by atoms with Crippen molar-refractivity contribution in [2.45, 2.75) is 6.61 Å². The lowest BCUT2D eigenvalue weighted by Gasteiger charge is -2.10. The Labute approximate surface area is 123 Å². The maximum atomic E-state index is 5.88. The van der Waals surface area contributed by atoms with Gasteiger partial charge in [-0.25, -0.2) is 0 Å². The summed E-state index contributed by atoms with van der Waals surface area (Å²) in [6.45, 7) is 0.467. The average molecular weight is 280 g/mol. The topological polar surface area (TPSA) is 57.4 Å². The first kappa shape index (κ1) is 13.2. The van der Waals surface area contributed by atoms with Crippen LogP contribution >= 0.6 is 0 Å². The number of ether oxygens (including phenoxy) is 2. The molecular weight excluding hydrogens is 264 g/mol. The average Bonchev–Trinajstić information content (AvgIpc) is 2.53. The van der Waals surface area contributed by atoms with Gasteiger partial charge >= 0.3 is 0 Å². The predicted octanol–water partition coefficient (Wildman–Crippen LogP) is 3.40. The third kappa shape index (κ3) is 2.74. The Balaban J connectivity index is 1.82. The zero-order chi connectivity index (χ0) is 14.7. The molecule has 0 radical (unpaired) electrons. The maximum absolute atomic E-state index is 5.88. The van der Waals surface area contributed by atoms with E-state index in [0.29, 0.717) is 23.8 Å². The monoisotopic (exact) mass is 280 g/mol. The SMILES string of the molecule is COc1ccc(OCc2ccnc3ccccc23)cc1N. The van der Waals surface area contributed by atoms with E-state index >= 15 is 0 Å². The summed E-state index contributed by atoms with van der Waals surface area (Å²) in [5, 5.41) is 1.10. The van der Waals surface area contributed by atoms with Gasteiger partial charge in [-0.15, -0.1) is 0 Å². The Morgan fingerprint density at radius 2 is 1.95 bits per heavy atom. The number of pyridine rings is 1. The summed E-state index contributed by atoms with van der Waals surface area (Å²) in [7, 11) is 1.59. The summed E-state index contributed by atoms with van der Waals surface area (Å²) in [5.41, 5.74) is 8.50. The normalized spacial score (nSPS) is 10.5. The minimum Gasteiger partial charge on any atom is -0.495 e. The molecule has 2 aromatic carbocycles. The number of methoxy groups -OCH3 is 1. The molecule has 0 fully saturated rings. The summed E-state index contributed by atoms with van der Waals surface area (Å²) >= 11 is 0. The van der Waals surface area contributed by atoms with Crippen LogP contribution in [-0.2, 0) is 6.61 Å². The van der Waals surface area contributed by atoms with Crippen molar-refractivity contribution in [3.63, 3.8) is 0 Å². The molecule has 0 aliphatic heterocycles. The molecule has 4 heteroatoms. The van der Waals surface area contributed by atoms with Crippen LogP contribution in [0, 0.1) is 0 Å². The number of hydrogen-bond acceptors (Lipinski definition) is 4. The third-order valence-corrected chi connectivity index (χ3v) is 3.33. The van der Waals surface area contributed by atoms with Crippen LogP contribution < -0.4 is 15.2 Å². The van der Waals surface area contributed by atoms with E-state index in [9.17, 15) is 0 Å². The molecule has 2 N–H and O–H groups in total. The van der Waals surface area contributed by atoms with E-state index in [1.165, 1.54) is 0 Å². The van der Waals surface area contributed by atoms with E-state index in [1.807, 2.05) is 36.4 Å². The van der Waals surface area contributed by atoms with Gasteiger partial charge in [0.25, 0.3) is 0 Å². The molecule has 0 aliphatic carbocycles. The van der Waals surface area contributed by atoms with Crippen molar-refractivity contribution in [3.8, 4) is 11.5 Å². The highest BCUT2D eigenvalue weighted by molar-refractivity contribution is 5.81. The molecule has 0 spiro atoms. The molecule has 0 saturated heterocycles. The standard InChI is InChI=1S/C17H16N2O2/c1-20-17-7-6-13(10-15(17)18)21-11-12-8-9-19-16-5-3-2-4-14(12)16/h2-10H,11,18H2,1H3. The largest absolute Gasteiger partial charge is 0.495 e. The van der Waals surface area contributed by atoms with Gasteiger partial charge in [0, 0.05) is 23.2 Å². The Bertz CT molecular complexity index is 766. The number of hydrogen-bond donors (Lipinski definition) is 1. The van der Waals surface area contributed by atoms with E-state index in [1.54, 1.807) is 25.4 Å². The lowest BCUT2D eigenvalue weighted by atomic mass is 10.1. The maximum Gasteiger partial charge on any atom is 0.142 e. The van der Waals surface area contributed by atoms with Gasteiger partial charge in [0.2, 0.25) is 0 Å². The molecule has 0 saturated carbocycles. The number of nitrogens with zero attached hydrogens (tertiary/aromatic N) is 1. The number of anilines is 1. The summed E-state index contributed by atoms with van der Waals surface area (Å²) < 4.78 is 10.9. The molecule has 0 amide bonds. The first-order valence-corrected chi connectivity index (χ1v) is 6.67. The van der Waals surface area contributed by atoms with Crippen molar-refractivity contribution in [1.82, 2.24) is 4.98 Å². The first-order chi connectivity index (χ1) is 10.3. The quantitative estimate of drug-likeness (QED) is 0.744. The van der Waals surface area contributed by atoms with Gasteiger partial charge in [0.05, 0.1) is 18.3 Å². The number of aromatic nitrogens is 1. The van der Waals surface area contributed by atoms with Crippen molar-refractivity contribution in [2.24, 2.45) is 0 Å². The summed E-state index contributed by atoms with van der Waals surface area (Å²) in [6, 6.07) is 15.4. The highest BCUT2D eigenvalue weighted by Gasteiger charge is 2.04. The Hall–Kier alpha value is -2.75. The predicted molar refractivity (Wildman–Crippen MR) is 83.5 cm³/mol. The Morgan fingerprint density at radius 1 is 1.10 bits per heavy atom. The summed E-state index contributed by atoms with van der Waals surface area (Å²) in [4.78, 5) is 4.34. The fraction of sp³-hybridized carbons (Fsp3) is 0.118. The molecule has 21 heavy (non-hydrogen) atoms. The van der Waals surface area contributed by atoms with Crippen LogP contribution in [0.25, 0.3) is 10.9 Å². The number of nitrogen functional groups attached to an aromatic ring is 1. The molecule has 1 aromatic heterocycles. The lowest BCUT2D eigenvalue weighted by Crippen LogP contribution is -1.99. The minimum atomic E-state index is 0.467. The number of rotatable bonds is 4. The van der Waals surface area contributed by atoms with E-state index in [-0.39, 0.29) is 0 Å². The molecule has 3 rings (SSSR count). The second-order valence-corrected chi connectivity index (χ2v) is 4.68. The van der Waals surface area contributed by atoms with Crippen molar-refractivity contribution in [2.75, 3.05) is 12.8 Å². The van der Waals surface area contributed by atoms with E-state index in [2.05, 4.69) is 4.98 Å². The summed E-state index contributed by atoms with van der Waals surface area (Å²) in [5.74, 6) is 1.37. The van der Waals surface area contributed by atoms with Crippen LogP contribution in [0.3, 0.4) is 0 Å². The molecule has 0 bridgehead atoms. The van der Waals surface area contributed by atoms with Crippen LogP contribution in [0.4, 0.5) is 5.69 Å². The van der Waals surface area contributed by atoms with Crippen LogP contribution in [0.1, 0.15) is 5.56 Å². The molecule has 106 valence electrons. The van der Waals surface area contributed by atoms with Gasteiger partial charge in [-0.3, -0.25) is 4.98 Å². The highest BCUT2D eigenvalue weighted by Crippen LogP contribution is 2.27. The molecule has 0 aliphatic rings. The number of nitrogens with two attached hydrogens (primary N) is 1.